The zero-order chi connectivity index (χ0) is 33.0. The summed E-state index contributed by atoms with van der Waals surface area (Å²) in [6, 6.07) is 7.21. The second-order valence-electron chi connectivity index (χ2n) is 12.7. The lowest BCUT2D eigenvalue weighted by atomic mass is 9.57. The number of ether oxygens (including phenoxy) is 1. The third-order valence-corrected chi connectivity index (χ3v) is 9.97. The highest BCUT2D eigenvalue weighted by atomic mass is 16.5. The van der Waals surface area contributed by atoms with Crippen molar-refractivity contribution < 1.29 is 48.8 Å². The number of carbonyl (C=O) groups is 6. The van der Waals surface area contributed by atoms with Crippen LogP contribution < -0.4 is 4.74 Å². The van der Waals surface area contributed by atoms with Gasteiger partial charge in [-0.25, -0.2) is 0 Å². The quantitative estimate of drug-likeness (QED) is 0.138. The van der Waals surface area contributed by atoms with E-state index >= 15 is 0 Å². The van der Waals surface area contributed by atoms with E-state index in [2.05, 4.69) is 0 Å². The number of carbonyl (C=O) groups excluding carboxylic acids is 4. The molecule has 3 N–H and O–H groups in total. The van der Waals surface area contributed by atoms with Gasteiger partial charge in [0.15, 0.2) is 0 Å². The van der Waals surface area contributed by atoms with Crippen molar-refractivity contribution in [3.05, 3.63) is 41.5 Å². The van der Waals surface area contributed by atoms with Crippen LogP contribution in [0.2, 0.25) is 0 Å². The van der Waals surface area contributed by atoms with Crippen LogP contribution in [0.25, 0.3) is 0 Å². The lowest BCUT2D eigenvalue weighted by molar-refractivity contribution is -0.142. The van der Waals surface area contributed by atoms with Crippen LogP contribution in [0.5, 0.6) is 5.75 Å². The highest BCUT2D eigenvalue weighted by molar-refractivity contribution is 6.08. The van der Waals surface area contributed by atoms with Crippen LogP contribution in [-0.4, -0.2) is 87.0 Å². The number of hydrogen-bond donors (Lipinski definition) is 3. The summed E-state index contributed by atoms with van der Waals surface area (Å²) in [5, 5.41) is 27.0. The second-order valence-corrected chi connectivity index (χ2v) is 12.7. The van der Waals surface area contributed by atoms with Gasteiger partial charge in [-0.2, -0.15) is 0 Å². The Morgan fingerprint density at radius 2 is 1.28 bits per heavy atom. The number of fused-ring (bicyclic) bond motifs is 4. The lowest BCUT2D eigenvalue weighted by Crippen LogP contribution is -2.43. The first-order valence-corrected chi connectivity index (χ1v) is 16.3. The Labute approximate surface area is 267 Å². The van der Waals surface area contributed by atoms with Crippen LogP contribution in [0.3, 0.4) is 0 Å². The van der Waals surface area contributed by atoms with Crippen molar-refractivity contribution in [1.82, 2.24) is 9.80 Å². The van der Waals surface area contributed by atoms with Gasteiger partial charge in [0.2, 0.25) is 23.6 Å². The minimum atomic E-state index is -0.888. The van der Waals surface area contributed by atoms with E-state index in [0.29, 0.717) is 50.7 Å². The molecule has 0 aromatic heterocycles. The van der Waals surface area contributed by atoms with Crippen molar-refractivity contribution in [3.8, 4) is 5.75 Å². The molecule has 0 bridgehead atoms. The largest absolute Gasteiger partial charge is 0.491 e. The van der Waals surface area contributed by atoms with E-state index in [9.17, 15) is 28.8 Å². The van der Waals surface area contributed by atoms with Gasteiger partial charge in [0.1, 0.15) is 12.4 Å². The SMILES string of the molecule is O=C(O)CCCCCN1C(=O)C2CC=C3C(CC4C(=O)N(CCCCCC(=O)O)C(=O)C4C3c3ccc(OCCO)cc3)C2C1=O. The smallest absolute Gasteiger partial charge is 0.303 e. The Morgan fingerprint density at radius 1 is 0.717 bits per heavy atom. The minimum absolute atomic E-state index is 0.0255. The first-order chi connectivity index (χ1) is 22.1. The summed E-state index contributed by atoms with van der Waals surface area (Å²) in [5.41, 5.74) is 1.71. The first-order valence-electron chi connectivity index (χ1n) is 16.3. The molecule has 46 heavy (non-hydrogen) atoms. The zero-order valence-corrected chi connectivity index (χ0v) is 25.8. The maximum atomic E-state index is 14.0. The molecule has 0 radical (unpaired) electrons. The van der Waals surface area contributed by atoms with Crippen molar-refractivity contribution in [2.24, 2.45) is 29.6 Å². The number of imide groups is 2. The van der Waals surface area contributed by atoms with Crippen molar-refractivity contribution in [2.75, 3.05) is 26.3 Å². The van der Waals surface area contributed by atoms with Gasteiger partial charge in [-0.1, -0.05) is 36.6 Å². The fraction of sp³-hybridized carbons (Fsp3) is 0.588. The summed E-state index contributed by atoms with van der Waals surface area (Å²) in [6.07, 6.45) is 5.79. The molecule has 2 heterocycles. The van der Waals surface area contributed by atoms with Crippen molar-refractivity contribution in [1.29, 1.82) is 0 Å². The number of hydrogen-bond acceptors (Lipinski definition) is 8. The monoisotopic (exact) mass is 638 g/mol. The number of aliphatic hydroxyl groups is 1. The van der Waals surface area contributed by atoms with Crippen molar-refractivity contribution >= 4 is 35.6 Å². The molecule has 2 aliphatic heterocycles. The number of amides is 4. The van der Waals surface area contributed by atoms with Gasteiger partial charge in [-0.15, -0.1) is 0 Å². The van der Waals surface area contributed by atoms with E-state index in [-0.39, 0.29) is 69.2 Å². The van der Waals surface area contributed by atoms with Crippen LogP contribution in [0, 0.1) is 29.6 Å². The molecule has 12 nitrogen and oxygen atoms in total. The van der Waals surface area contributed by atoms with E-state index in [1.807, 2.05) is 18.2 Å². The Balaban J connectivity index is 1.40. The van der Waals surface area contributed by atoms with Gasteiger partial charge < -0.3 is 20.1 Å². The van der Waals surface area contributed by atoms with E-state index < -0.39 is 47.4 Å². The summed E-state index contributed by atoms with van der Waals surface area (Å²) >= 11 is 0. The maximum absolute atomic E-state index is 14.0. The molecule has 1 saturated carbocycles. The number of aliphatic hydroxyl groups excluding tert-OH is 1. The number of rotatable bonds is 16. The average Bonchev–Trinajstić information content (AvgIpc) is 3.42. The number of allylic oxidation sites excluding steroid dienone is 2. The van der Waals surface area contributed by atoms with E-state index in [4.69, 9.17) is 20.1 Å². The molecule has 12 heteroatoms. The predicted molar refractivity (Wildman–Crippen MR) is 162 cm³/mol. The minimum Gasteiger partial charge on any atom is -0.491 e. The predicted octanol–water partition coefficient (Wildman–Crippen LogP) is 2.98. The van der Waals surface area contributed by atoms with E-state index in [0.717, 1.165) is 11.1 Å². The summed E-state index contributed by atoms with van der Waals surface area (Å²) in [4.78, 5) is 79.5. The van der Waals surface area contributed by atoms with Crippen LogP contribution in [0.1, 0.15) is 75.7 Å². The molecule has 6 unspecified atom stereocenters. The molecular formula is C34H42N2O10. The third kappa shape index (κ3) is 6.72. The summed E-state index contributed by atoms with van der Waals surface area (Å²) < 4.78 is 5.53. The molecule has 4 amide bonds. The van der Waals surface area contributed by atoms with Crippen LogP contribution in [0.15, 0.2) is 35.9 Å². The van der Waals surface area contributed by atoms with Crippen molar-refractivity contribution in [2.45, 2.75) is 70.1 Å². The van der Waals surface area contributed by atoms with Gasteiger partial charge in [-0.05, 0) is 62.1 Å². The molecule has 1 aromatic carbocycles. The molecule has 5 rings (SSSR count). The molecule has 2 saturated heterocycles. The molecule has 2 aliphatic carbocycles. The number of nitrogens with zero attached hydrogens (tertiary/aromatic N) is 2. The van der Waals surface area contributed by atoms with Crippen LogP contribution in [0.4, 0.5) is 0 Å². The van der Waals surface area contributed by atoms with Gasteiger partial charge in [0.25, 0.3) is 0 Å². The summed E-state index contributed by atoms with van der Waals surface area (Å²) in [6.45, 7) is 0.419. The van der Waals surface area contributed by atoms with Gasteiger partial charge >= 0.3 is 11.9 Å². The molecular weight excluding hydrogens is 596 g/mol. The normalized spacial score (nSPS) is 26.9. The fourth-order valence-corrected chi connectivity index (χ4v) is 7.92. The molecule has 3 fully saturated rings. The lowest BCUT2D eigenvalue weighted by Gasteiger charge is -2.44. The summed E-state index contributed by atoms with van der Waals surface area (Å²) in [7, 11) is 0. The zero-order valence-electron chi connectivity index (χ0n) is 25.8. The molecule has 6 atom stereocenters. The van der Waals surface area contributed by atoms with E-state index in [1.54, 1.807) is 12.1 Å². The highest BCUT2D eigenvalue weighted by Crippen LogP contribution is 2.58. The van der Waals surface area contributed by atoms with Crippen LogP contribution >= 0.6 is 0 Å². The maximum Gasteiger partial charge on any atom is 0.303 e. The number of benzene rings is 1. The van der Waals surface area contributed by atoms with Gasteiger partial charge in [-0.3, -0.25) is 38.6 Å². The standard InChI is InChI=1S/C34H42N2O10/c37-17-18-46-21-11-9-20(10-12-21)28-22-13-14-23-29(33(44)35(31(23)42)15-5-1-3-7-26(38)39)24(22)19-25-30(28)34(45)36(32(25)43)16-6-2-4-8-27(40)41/h9-13,23-25,28-30,37H,1-8,14-19H2,(H,38,39)(H,40,41). The Kier molecular flexibility index (Phi) is 10.6. The topological polar surface area (TPSA) is 179 Å². The van der Waals surface area contributed by atoms with Gasteiger partial charge in [0, 0.05) is 31.8 Å². The second kappa shape index (κ2) is 14.6. The van der Waals surface area contributed by atoms with E-state index in [1.165, 1.54) is 9.80 Å². The third-order valence-electron chi connectivity index (χ3n) is 9.97. The first kappa shape index (κ1) is 33.3. The summed E-state index contributed by atoms with van der Waals surface area (Å²) in [5.74, 6) is -5.62. The fourth-order valence-electron chi connectivity index (χ4n) is 7.92. The average molecular weight is 639 g/mol. The molecule has 1 aromatic rings. The Morgan fingerprint density at radius 3 is 1.85 bits per heavy atom. The number of unbranched alkanes of at least 4 members (excludes halogenated alkanes) is 4. The van der Waals surface area contributed by atoms with Gasteiger partial charge in [0.05, 0.1) is 30.3 Å². The number of carboxylic acid groups (broad SMARTS) is 2. The number of likely N-dealkylation sites (tertiary alicyclic amines) is 2. The Bertz CT molecular complexity index is 1390. The van der Waals surface area contributed by atoms with Crippen LogP contribution in [-0.2, 0) is 28.8 Å². The molecule has 0 spiro atoms. The Hall–Kier alpha value is -4.06. The van der Waals surface area contributed by atoms with Crippen molar-refractivity contribution in [3.63, 3.8) is 0 Å². The molecule has 248 valence electrons. The number of carboxylic acids is 2. The number of aliphatic carboxylic acids is 2. The highest BCUT2D eigenvalue weighted by Gasteiger charge is 2.61. The molecule has 4 aliphatic rings.